The third-order valence-electron chi connectivity index (χ3n) is 21.7. The van der Waals surface area contributed by atoms with Gasteiger partial charge >= 0.3 is 0 Å². The third-order valence-corrected chi connectivity index (χ3v) is 24.8. The van der Waals surface area contributed by atoms with Crippen LogP contribution in [0.2, 0.25) is 0 Å². The predicted molar refractivity (Wildman–Crippen MR) is 408 cm³/mol. The van der Waals surface area contributed by atoms with E-state index in [1.807, 2.05) is 60.7 Å². The maximum atomic E-state index is 15.2. The Hall–Kier alpha value is -11.7. The first-order valence-corrected chi connectivity index (χ1v) is 35.3. The zero-order valence-electron chi connectivity index (χ0n) is 54.0. The molecule has 0 amide bonds. The van der Waals surface area contributed by atoms with Crippen LogP contribution in [0.15, 0.2) is 303 Å². The van der Waals surface area contributed by atoms with Gasteiger partial charge in [-0.1, -0.05) is 270 Å². The van der Waals surface area contributed by atoms with Gasteiger partial charge in [0.05, 0.1) is 38.6 Å². The van der Waals surface area contributed by atoms with Gasteiger partial charge in [0.2, 0.25) is 5.95 Å². The van der Waals surface area contributed by atoms with Crippen molar-refractivity contribution >= 4 is 137 Å². The molecular weight excluding hydrogens is 1200 g/mol. The molecule has 2 aliphatic rings. The van der Waals surface area contributed by atoms with Gasteiger partial charge in [-0.05, 0) is 126 Å². The standard InChI is InChI=1S/C47H34NOP.C43H28N4/c1-47(2)40-22-12-11-21-38(40)45-43-32(15-13-23-41(43)47)30-42-44(45)39-29-24-31-14-9-10-20-37(31)46(39)48(42)33-25-27-36(28-26-33)50(49,34-16-5-3-6-17-34)35-18-7-4-8-19-35;1-43(2)31-17-7-5-15-28(31)39-37-26(13-11-18-32(37)43)24-36-38(39)30-23-22-25-12-3-4-14-27(25)40(30)46(36)42-45-33-19-8-6-16-29(33)41-44-34-20-9-10-21-35(34)47(41)42/h3-30H,1-2H3;3-24H,1-2H3. The van der Waals surface area contributed by atoms with Crippen molar-refractivity contribution in [3.63, 3.8) is 0 Å². The van der Waals surface area contributed by atoms with Gasteiger partial charge in [0.15, 0.2) is 7.14 Å². The lowest BCUT2D eigenvalue weighted by atomic mass is 9.68. The number of hydrogen-bond donors (Lipinski definition) is 0. The lowest BCUT2D eigenvalue weighted by molar-refractivity contribution is 0.592. The van der Waals surface area contributed by atoms with Crippen molar-refractivity contribution in [1.29, 1.82) is 0 Å². The third kappa shape index (κ3) is 7.70. The van der Waals surface area contributed by atoms with Crippen molar-refractivity contribution < 1.29 is 4.57 Å². The Kier molecular flexibility index (Phi) is 11.7. The first-order chi connectivity index (χ1) is 47.6. The second-order valence-electron chi connectivity index (χ2n) is 27.5. The fourth-order valence-corrected chi connectivity index (χ4v) is 19.9. The van der Waals surface area contributed by atoms with E-state index in [1.165, 1.54) is 120 Å². The van der Waals surface area contributed by atoms with Gasteiger partial charge in [-0.3, -0.25) is 8.97 Å². The highest BCUT2D eigenvalue weighted by Gasteiger charge is 2.38. The SMILES string of the molecule is CC1(C)c2ccccc2-c2c3c1cccc3cc1c2c2ccc3ccccc3c2n1-c1ccc(P(=O)(c2ccccc2)c2ccccc2)cc1.CC1(C)c2ccccc2-c2c3c1cccc3cc1c2c2ccc3ccccc3c2n1-c1nc2ccccc2c2nc3ccccc3n12. The zero-order valence-corrected chi connectivity index (χ0v) is 54.9. The molecule has 4 aromatic heterocycles. The molecule has 97 heavy (non-hydrogen) atoms. The van der Waals surface area contributed by atoms with Gasteiger partial charge < -0.3 is 9.13 Å². The number of nitrogens with zero attached hydrogens (tertiary/aromatic N) is 5. The molecule has 2 aliphatic carbocycles. The van der Waals surface area contributed by atoms with Crippen LogP contribution in [0.3, 0.4) is 0 Å². The molecule has 0 spiro atoms. The molecule has 0 radical (unpaired) electrons. The van der Waals surface area contributed by atoms with Crippen LogP contribution in [0.5, 0.6) is 0 Å². The minimum Gasteiger partial charge on any atom is -0.309 e. The van der Waals surface area contributed by atoms with E-state index >= 15 is 4.57 Å². The number of fused-ring (bicyclic) bond motifs is 21. The van der Waals surface area contributed by atoms with Crippen molar-refractivity contribution in [3.8, 4) is 33.9 Å². The van der Waals surface area contributed by atoms with Crippen LogP contribution in [0.1, 0.15) is 49.9 Å². The molecule has 6 nitrogen and oxygen atoms in total. The number of benzene rings is 15. The summed E-state index contributed by atoms with van der Waals surface area (Å²) in [7, 11) is -3.11. The Balaban J connectivity index is 0.000000132. The van der Waals surface area contributed by atoms with Crippen molar-refractivity contribution in [2.24, 2.45) is 0 Å². The molecule has 4 heterocycles. The van der Waals surface area contributed by atoms with E-state index < -0.39 is 7.14 Å². The van der Waals surface area contributed by atoms with Gasteiger partial charge in [-0.25, -0.2) is 9.97 Å². The maximum Gasteiger partial charge on any atom is 0.221 e. The van der Waals surface area contributed by atoms with Gasteiger partial charge in [-0.15, -0.1) is 0 Å². The molecule has 7 heteroatoms. The maximum absolute atomic E-state index is 15.2. The molecule has 0 saturated heterocycles. The second-order valence-corrected chi connectivity index (χ2v) is 30.2. The summed E-state index contributed by atoms with van der Waals surface area (Å²) >= 11 is 0. The molecule has 15 aromatic carbocycles. The van der Waals surface area contributed by atoms with Gasteiger partial charge in [0.1, 0.15) is 5.65 Å². The monoisotopic (exact) mass is 1260 g/mol. The fourth-order valence-electron chi connectivity index (χ4n) is 17.3. The van der Waals surface area contributed by atoms with E-state index in [0.29, 0.717) is 0 Å². The predicted octanol–water partition coefficient (Wildman–Crippen LogP) is 21.8. The highest BCUT2D eigenvalue weighted by Crippen LogP contribution is 2.56. The highest BCUT2D eigenvalue weighted by molar-refractivity contribution is 7.85. The van der Waals surface area contributed by atoms with Crippen LogP contribution in [0, 0.1) is 0 Å². The second kappa shape index (κ2) is 20.4. The van der Waals surface area contributed by atoms with Gasteiger partial charge in [0.25, 0.3) is 0 Å². The Morgan fingerprint density at radius 3 is 1.32 bits per heavy atom. The quantitative estimate of drug-likeness (QED) is 0.161. The number of rotatable bonds is 5. The Morgan fingerprint density at radius 1 is 0.320 bits per heavy atom. The molecule has 0 bridgehead atoms. The number of para-hydroxylation sites is 3. The van der Waals surface area contributed by atoms with Crippen LogP contribution in [-0.4, -0.2) is 23.5 Å². The molecular formula is C90H62N5OP. The molecule has 458 valence electrons. The molecule has 0 saturated carbocycles. The molecule has 0 aliphatic heterocycles. The van der Waals surface area contributed by atoms with Crippen LogP contribution in [-0.2, 0) is 15.4 Å². The normalized spacial score (nSPS) is 13.8. The largest absolute Gasteiger partial charge is 0.309 e. The minimum atomic E-state index is -3.11. The Labute approximate surface area is 560 Å². The summed E-state index contributed by atoms with van der Waals surface area (Å²) in [6.07, 6.45) is 0. The van der Waals surface area contributed by atoms with E-state index in [2.05, 4.69) is 284 Å². The molecule has 0 unspecified atom stereocenters. The smallest absolute Gasteiger partial charge is 0.221 e. The molecule has 0 fully saturated rings. The molecule has 19 aromatic rings. The highest BCUT2D eigenvalue weighted by atomic mass is 31.2. The van der Waals surface area contributed by atoms with Crippen molar-refractivity contribution in [3.05, 3.63) is 326 Å². The summed E-state index contributed by atoms with van der Waals surface area (Å²) in [5.74, 6) is 0.843. The first-order valence-electron chi connectivity index (χ1n) is 33.6. The summed E-state index contributed by atoms with van der Waals surface area (Å²) in [6, 6.07) is 108. The van der Waals surface area contributed by atoms with Crippen LogP contribution >= 0.6 is 7.14 Å². The van der Waals surface area contributed by atoms with Crippen molar-refractivity contribution in [2.75, 3.05) is 0 Å². The summed E-state index contributed by atoms with van der Waals surface area (Å²) < 4.78 is 22.4. The van der Waals surface area contributed by atoms with Gasteiger partial charge in [-0.2, -0.15) is 0 Å². The Bertz CT molecular complexity index is 6610. The average molecular weight is 1260 g/mol. The molecule has 21 rings (SSSR count). The number of hydrogen-bond acceptors (Lipinski definition) is 3. The van der Waals surface area contributed by atoms with E-state index in [-0.39, 0.29) is 10.8 Å². The van der Waals surface area contributed by atoms with Crippen molar-refractivity contribution in [1.82, 2.24) is 23.5 Å². The average Bonchev–Trinajstić information content (AvgIpc) is 1.61. The van der Waals surface area contributed by atoms with Crippen LogP contribution in [0.4, 0.5) is 0 Å². The Morgan fingerprint density at radius 2 is 0.753 bits per heavy atom. The zero-order chi connectivity index (χ0) is 64.6. The van der Waals surface area contributed by atoms with E-state index in [9.17, 15) is 0 Å². The summed E-state index contributed by atoms with van der Waals surface area (Å²) in [5.41, 5.74) is 20.0. The molecule has 0 N–H and O–H groups in total. The minimum absolute atomic E-state index is 0.121. The van der Waals surface area contributed by atoms with Crippen molar-refractivity contribution in [2.45, 2.75) is 38.5 Å². The van der Waals surface area contributed by atoms with Crippen LogP contribution < -0.4 is 15.9 Å². The van der Waals surface area contributed by atoms with Crippen LogP contribution in [0.25, 0.3) is 148 Å². The van der Waals surface area contributed by atoms with Gasteiger partial charge in [0, 0.05) is 81.3 Å². The summed E-state index contributed by atoms with van der Waals surface area (Å²) in [4.78, 5) is 10.7. The lowest BCUT2D eigenvalue weighted by Crippen LogP contribution is -2.25. The van der Waals surface area contributed by atoms with E-state index in [1.54, 1.807) is 0 Å². The number of imidazole rings is 1. The van der Waals surface area contributed by atoms with E-state index in [0.717, 1.165) is 66.2 Å². The topological polar surface area (TPSA) is 57.1 Å². The molecule has 0 atom stereocenters. The first kappa shape index (κ1) is 55.7. The van der Waals surface area contributed by atoms with E-state index in [4.69, 9.17) is 9.97 Å². The number of aromatic nitrogens is 5. The summed E-state index contributed by atoms with van der Waals surface area (Å²) in [5, 5.41) is 18.6. The fraction of sp³-hybridized carbons (Fsp3) is 0.0667. The lowest BCUT2D eigenvalue weighted by Gasteiger charge is -2.35. The summed E-state index contributed by atoms with van der Waals surface area (Å²) in [6.45, 7) is 9.44.